The molecule has 0 saturated carbocycles. The second-order valence-electron chi connectivity index (χ2n) is 6.36. The van der Waals surface area contributed by atoms with Crippen LogP contribution in [0, 0.1) is 6.92 Å². The Bertz CT molecular complexity index is 1190. The van der Waals surface area contributed by atoms with Crippen molar-refractivity contribution in [3.05, 3.63) is 78.3 Å². The van der Waals surface area contributed by atoms with E-state index in [0.717, 1.165) is 27.9 Å². The number of anilines is 1. The molecule has 0 aliphatic carbocycles. The van der Waals surface area contributed by atoms with Crippen molar-refractivity contribution < 1.29 is 13.6 Å². The summed E-state index contributed by atoms with van der Waals surface area (Å²) in [6, 6.07) is 16.8. The zero-order valence-corrected chi connectivity index (χ0v) is 16.3. The van der Waals surface area contributed by atoms with E-state index in [-0.39, 0.29) is 11.0 Å². The zero-order valence-electron chi connectivity index (χ0n) is 15.5. The lowest BCUT2D eigenvalue weighted by atomic mass is 10.2. The number of aromatic nitrogens is 1. The quantitative estimate of drug-likeness (QED) is 0.372. The Hall–Kier alpha value is -3.71. The fraction of sp³-hybridized carbons (Fsp3) is 0.0455. The van der Waals surface area contributed by atoms with Crippen LogP contribution < -0.4 is 10.6 Å². The van der Waals surface area contributed by atoms with E-state index in [2.05, 4.69) is 15.6 Å². The number of carbonyl (C=O) groups is 1. The summed E-state index contributed by atoms with van der Waals surface area (Å²) in [7, 11) is 0. The highest BCUT2D eigenvalue weighted by atomic mass is 32.1. The molecular weight excluding hydrogens is 386 g/mol. The van der Waals surface area contributed by atoms with Crippen LogP contribution >= 0.6 is 12.2 Å². The van der Waals surface area contributed by atoms with Crippen LogP contribution in [0.1, 0.15) is 11.3 Å². The summed E-state index contributed by atoms with van der Waals surface area (Å²) < 4.78 is 11.0. The van der Waals surface area contributed by atoms with Gasteiger partial charge in [0.05, 0.1) is 6.26 Å². The van der Waals surface area contributed by atoms with Crippen molar-refractivity contribution in [2.75, 3.05) is 5.32 Å². The van der Waals surface area contributed by atoms with Crippen molar-refractivity contribution in [3.8, 4) is 11.5 Å². The largest absolute Gasteiger partial charge is 0.465 e. The first-order valence-electron chi connectivity index (χ1n) is 8.88. The molecule has 1 amide bonds. The number of hydrogen-bond acceptors (Lipinski definition) is 5. The van der Waals surface area contributed by atoms with Crippen LogP contribution in [-0.4, -0.2) is 16.0 Å². The molecule has 0 saturated heterocycles. The Labute approximate surface area is 172 Å². The lowest BCUT2D eigenvalue weighted by molar-refractivity contribution is -0.115. The maximum atomic E-state index is 11.9. The summed E-state index contributed by atoms with van der Waals surface area (Å²) >= 11 is 5.18. The monoisotopic (exact) mass is 403 g/mol. The third-order valence-electron chi connectivity index (χ3n) is 4.11. The number of rotatable bonds is 4. The molecule has 2 aromatic heterocycles. The number of carbonyl (C=O) groups excluding carboxylic acids is 1. The number of hydrogen-bond donors (Lipinski definition) is 2. The van der Waals surface area contributed by atoms with Crippen LogP contribution in [0.25, 0.3) is 28.6 Å². The summed E-state index contributed by atoms with van der Waals surface area (Å²) in [6.45, 7) is 2.01. The van der Waals surface area contributed by atoms with Gasteiger partial charge in [0.25, 0.3) is 0 Å². The van der Waals surface area contributed by atoms with Gasteiger partial charge in [-0.2, -0.15) is 0 Å². The summed E-state index contributed by atoms with van der Waals surface area (Å²) in [4.78, 5) is 16.4. The minimum atomic E-state index is -0.350. The van der Waals surface area contributed by atoms with Gasteiger partial charge in [-0.05, 0) is 79.3 Å². The van der Waals surface area contributed by atoms with Crippen molar-refractivity contribution >= 4 is 46.1 Å². The maximum Gasteiger partial charge on any atom is 0.250 e. The first-order chi connectivity index (χ1) is 14.1. The van der Waals surface area contributed by atoms with E-state index >= 15 is 0 Å². The highest BCUT2D eigenvalue weighted by molar-refractivity contribution is 7.80. The van der Waals surface area contributed by atoms with Crippen LogP contribution in [0.2, 0.25) is 0 Å². The SMILES string of the molecule is Cc1ccc2nc(-c3ccc(NC(=S)NC(=O)C=Cc4ccco4)cc3)oc2c1. The van der Waals surface area contributed by atoms with Crippen molar-refractivity contribution in [1.82, 2.24) is 10.3 Å². The minimum Gasteiger partial charge on any atom is -0.465 e. The van der Waals surface area contributed by atoms with E-state index in [1.807, 2.05) is 49.4 Å². The summed E-state index contributed by atoms with van der Waals surface area (Å²) in [5.41, 5.74) is 4.28. The van der Waals surface area contributed by atoms with Gasteiger partial charge in [-0.25, -0.2) is 4.98 Å². The van der Waals surface area contributed by atoms with Crippen molar-refractivity contribution in [1.29, 1.82) is 0 Å². The Morgan fingerprint density at radius 3 is 2.72 bits per heavy atom. The molecule has 7 heteroatoms. The molecule has 144 valence electrons. The third kappa shape index (κ3) is 4.59. The highest BCUT2D eigenvalue weighted by Crippen LogP contribution is 2.25. The van der Waals surface area contributed by atoms with Gasteiger partial charge in [0.2, 0.25) is 11.8 Å². The molecule has 0 spiro atoms. The smallest absolute Gasteiger partial charge is 0.250 e. The molecule has 0 radical (unpaired) electrons. The van der Waals surface area contributed by atoms with E-state index in [9.17, 15) is 4.79 Å². The molecule has 4 aromatic rings. The number of furan rings is 1. The number of amides is 1. The number of oxazole rings is 1. The molecule has 0 fully saturated rings. The van der Waals surface area contributed by atoms with E-state index in [4.69, 9.17) is 21.1 Å². The van der Waals surface area contributed by atoms with Crippen LogP contribution in [0.4, 0.5) is 5.69 Å². The molecule has 0 unspecified atom stereocenters. The molecule has 4 rings (SSSR count). The fourth-order valence-corrected chi connectivity index (χ4v) is 2.93. The van der Waals surface area contributed by atoms with Gasteiger partial charge in [0, 0.05) is 17.3 Å². The van der Waals surface area contributed by atoms with Crippen LogP contribution in [0.5, 0.6) is 0 Å². The number of benzene rings is 2. The molecule has 2 heterocycles. The summed E-state index contributed by atoms with van der Waals surface area (Å²) in [5, 5.41) is 5.75. The molecule has 0 aliphatic rings. The average molecular weight is 403 g/mol. The molecule has 0 bridgehead atoms. The van der Waals surface area contributed by atoms with Gasteiger partial charge >= 0.3 is 0 Å². The lowest BCUT2D eigenvalue weighted by Gasteiger charge is -2.08. The predicted molar refractivity (Wildman–Crippen MR) is 116 cm³/mol. The van der Waals surface area contributed by atoms with Crippen LogP contribution in [0.15, 0.2) is 75.8 Å². The van der Waals surface area contributed by atoms with E-state index in [0.29, 0.717) is 11.7 Å². The molecule has 0 aliphatic heterocycles. The van der Waals surface area contributed by atoms with Gasteiger partial charge < -0.3 is 14.2 Å². The molecule has 2 N–H and O–H groups in total. The van der Waals surface area contributed by atoms with Gasteiger partial charge in [-0.15, -0.1) is 0 Å². The average Bonchev–Trinajstić information content (AvgIpc) is 3.36. The first kappa shape index (κ1) is 18.6. The van der Waals surface area contributed by atoms with E-state index in [1.165, 1.54) is 12.3 Å². The molecule has 2 aromatic carbocycles. The standard InChI is InChI=1S/C22H17N3O3S/c1-14-4-10-18-19(13-14)28-21(24-18)15-5-7-16(8-6-15)23-22(29)25-20(26)11-9-17-3-2-12-27-17/h2-13H,1H3,(H2,23,25,26,29). The van der Waals surface area contributed by atoms with E-state index < -0.39 is 0 Å². The summed E-state index contributed by atoms with van der Waals surface area (Å²) in [6.07, 6.45) is 4.45. The molecule has 29 heavy (non-hydrogen) atoms. The van der Waals surface area contributed by atoms with Crippen molar-refractivity contribution in [2.24, 2.45) is 0 Å². The fourth-order valence-electron chi connectivity index (χ4n) is 2.71. The first-order valence-corrected chi connectivity index (χ1v) is 9.29. The topological polar surface area (TPSA) is 80.3 Å². The third-order valence-corrected chi connectivity index (χ3v) is 4.32. The summed E-state index contributed by atoms with van der Waals surface area (Å²) in [5.74, 6) is 0.789. The number of nitrogens with zero attached hydrogens (tertiary/aromatic N) is 1. The van der Waals surface area contributed by atoms with Gasteiger partial charge in [-0.1, -0.05) is 6.07 Å². The minimum absolute atomic E-state index is 0.198. The lowest BCUT2D eigenvalue weighted by Crippen LogP contribution is -2.32. The number of aryl methyl sites for hydroxylation is 1. The normalized spacial score (nSPS) is 11.1. The molecular formula is C22H17N3O3S. The predicted octanol–water partition coefficient (Wildman–Crippen LogP) is 4.92. The number of fused-ring (bicyclic) bond motifs is 1. The van der Waals surface area contributed by atoms with Gasteiger partial charge in [-0.3, -0.25) is 10.1 Å². The maximum absolute atomic E-state index is 11.9. The Morgan fingerprint density at radius 1 is 1.14 bits per heavy atom. The van der Waals surface area contributed by atoms with Gasteiger partial charge in [0.15, 0.2) is 10.7 Å². The van der Waals surface area contributed by atoms with Crippen LogP contribution in [-0.2, 0) is 4.79 Å². The zero-order chi connectivity index (χ0) is 20.2. The molecule has 6 nitrogen and oxygen atoms in total. The van der Waals surface area contributed by atoms with Crippen molar-refractivity contribution in [2.45, 2.75) is 6.92 Å². The van der Waals surface area contributed by atoms with Crippen LogP contribution in [0.3, 0.4) is 0 Å². The highest BCUT2D eigenvalue weighted by Gasteiger charge is 2.09. The number of thiocarbonyl (C=S) groups is 1. The number of nitrogens with one attached hydrogen (secondary N) is 2. The Kier molecular flexibility index (Phi) is 5.22. The van der Waals surface area contributed by atoms with Crippen molar-refractivity contribution in [3.63, 3.8) is 0 Å². The Morgan fingerprint density at radius 2 is 1.97 bits per heavy atom. The molecule has 0 atom stereocenters. The van der Waals surface area contributed by atoms with Gasteiger partial charge in [0.1, 0.15) is 11.3 Å². The second-order valence-corrected chi connectivity index (χ2v) is 6.77. The van der Waals surface area contributed by atoms with E-state index in [1.54, 1.807) is 18.2 Å². The second kappa shape index (κ2) is 8.12. The Balaban J connectivity index is 1.38.